The summed E-state index contributed by atoms with van der Waals surface area (Å²) >= 11 is 0. The summed E-state index contributed by atoms with van der Waals surface area (Å²) in [5.74, 6) is -2.81. The van der Waals surface area contributed by atoms with E-state index in [4.69, 9.17) is 15.2 Å². The van der Waals surface area contributed by atoms with E-state index in [1.54, 1.807) is 0 Å². The highest BCUT2D eigenvalue weighted by Gasteiger charge is 2.30. The third-order valence-corrected chi connectivity index (χ3v) is 5.35. The molecule has 1 heterocycles. The van der Waals surface area contributed by atoms with E-state index in [1.165, 1.54) is 6.92 Å². The number of nitrogens with zero attached hydrogens (tertiary/aromatic N) is 1. The molecule has 2 N–H and O–H groups in total. The van der Waals surface area contributed by atoms with E-state index in [0.717, 1.165) is 22.5 Å². The van der Waals surface area contributed by atoms with Gasteiger partial charge in [-0.15, -0.1) is 0 Å². The number of primary amides is 1. The molecule has 2 rings (SSSR count). The molecule has 1 atom stereocenters. The smallest absolute Gasteiger partial charge is 0.338 e. The Bertz CT molecular complexity index is 746. The first-order valence-corrected chi connectivity index (χ1v) is 8.55. The summed E-state index contributed by atoms with van der Waals surface area (Å²) in [6, 6.07) is 2.82. The van der Waals surface area contributed by atoms with E-state index in [1.807, 2.05) is 0 Å². The largest absolute Gasteiger partial charge is 0.449 e. The van der Waals surface area contributed by atoms with E-state index < -0.39 is 38.7 Å². The van der Waals surface area contributed by atoms with Gasteiger partial charge in [-0.2, -0.15) is 4.31 Å². The lowest BCUT2D eigenvalue weighted by Crippen LogP contribution is -2.41. The van der Waals surface area contributed by atoms with E-state index in [0.29, 0.717) is 0 Å². The molecule has 0 aromatic heterocycles. The summed E-state index contributed by atoms with van der Waals surface area (Å²) in [5, 5.41) is 0. The lowest BCUT2D eigenvalue weighted by Gasteiger charge is -2.26. The SMILES string of the molecule is C[C@@H](OC(=O)c1ccc(F)c(S(=O)(=O)N2CCOCC2)c1)C(N)=O. The molecule has 1 fully saturated rings. The molecule has 8 nitrogen and oxygen atoms in total. The number of carbonyl (C=O) groups is 2. The number of ether oxygens (including phenoxy) is 2. The number of carbonyl (C=O) groups excluding carboxylic acids is 2. The van der Waals surface area contributed by atoms with Crippen LogP contribution in [0.5, 0.6) is 0 Å². The fourth-order valence-electron chi connectivity index (χ4n) is 2.04. The van der Waals surface area contributed by atoms with Crippen LogP contribution in [0.1, 0.15) is 17.3 Å². The Hall–Kier alpha value is -2.04. The van der Waals surface area contributed by atoms with E-state index in [2.05, 4.69) is 0 Å². The lowest BCUT2D eigenvalue weighted by molar-refractivity contribution is -0.125. The average Bonchev–Trinajstić information content (AvgIpc) is 2.55. The second-order valence-corrected chi connectivity index (χ2v) is 7.02. The van der Waals surface area contributed by atoms with Gasteiger partial charge in [-0.3, -0.25) is 4.79 Å². The van der Waals surface area contributed by atoms with Crippen LogP contribution in [0.4, 0.5) is 4.39 Å². The number of amides is 1. The van der Waals surface area contributed by atoms with Crippen molar-refractivity contribution < 1.29 is 31.9 Å². The Morgan fingerprint density at radius 2 is 1.96 bits per heavy atom. The van der Waals surface area contributed by atoms with Gasteiger partial charge in [0.05, 0.1) is 18.8 Å². The third-order valence-electron chi connectivity index (χ3n) is 3.44. The van der Waals surface area contributed by atoms with Crippen molar-refractivity contribution in [3.63, 3.8) is 0 Å². The van der Waals surface area contributed by atoms with Crippen LogP contribution < -0.4 is 5.73 Å². The van der Waals surface area contributed by atoms with Crippen LogP contribution >= 0.6 is 0 Å². The summed E-state index contributed by atoms with van der Waals surface area (Å²) in [7, 11) is -4.11. The number of benzene rings is 1. The van der Waals surface area contributed by atoms with Gasteiger partial charge in [-0.25, -0.2) is 17.6 Å². The molecule has 132 valence electrons. The van der Waals surface area contributed by atoms with Gasteiger partial charge >= 0.3 is 5.97 Å². The summed E-state index contributed by atoms with van der Waals surface area (Å²) in [4.78, 5) is 22.2. The van der Waals surface area contributed by atoms with Gasteiger partial charge in [0, 0.05) is 13.1 Å². The standard InChI is InChI=1S/C14H17FN2O6S/c1-9(13(16)18)23-14(19)10-2-3-11(15)12(8-10)24(20,21)17-4-6-22-7-5-17/h2-3,8-9H,4-7H2,1H3,(H2,16,18)/t9-/m1/s1. The van der Waals surface area contributed by atoms with Crippen molar-refractivity contribution in [2.24, 2.45) is 5.73 Å². The van der Waals surface area contributed by atoms with Crippen molar-refractivity contribution in [3.8, 4) is 0 Å². The van der Waals surface area contributed by atoms with Crippen LogP contribution in [0.15, 0.2) is 23.1 Å². The molecule has 1 aromatic carbocycles. The maximum Gasteiger partial charge on any atom is 0.338 e. The molecule has 10 heteroatoms. The highest BCUT2D eigenvalue weighted by Crippen LogP contribution is 2.22. The van der Waals surface area contributed by atoms with Crippen molar-refractivity contribution >= 4 is 21.9 Å². The van der Waals surface area contributed by atoms with Crippen LogP contribution in [-0.4, -0.2) is 57.0 Å². The number of hydrogen-bond acceptors (Lipinski definition) is 6. The predicted octanol–water partition coefficient (Wildman–Crippen LogP) is -0.123. The van der Waals surface area contributed by atoms with Crippen LogP contribution in [0.2, 0.25) is 0 Å². The number of morpholine rings is 1. The quantitative estimate of drug-likeness (QED) is 0.732. The van der Waals surface area contributed by atoms with Gasteiger partial charge in [-0.1, -0.05) is 0 Å². The third kappa shape index (κ3) is 3.89. The Morgan fingerprint density at radius 3 is 2.54 bits per heavy atom. The van der Waals surface area contributed by atoms with Crippen LogP contribution in [0.25, 0.3) is 0 Å². The number of nitrogens with two attached hydrogens (primary N) is 1. The molecule has 1 saturated heterocycles. The van der Waals surface area contributed by atoms with Crippen molar-refractivity contribution in [1.82, 2.24) is 4.31 Å². The highest BCUT2D eigenvalue weighted by atomic mass is 32.2. The fraction of sp³-hybridized carbons (Fsp3) is 0.429. The number of halogens is 1. The molecule has 0 spiro atoms. The van der Waals surface area contributed by atoms with Gasteiger partial charge in [0.1, 0.15) is 10.7 Å². The summed E-state index contributed by atoms with van der Waals surface area (Å²) in [6.07, 6.45) is -1.19. The first-order chi connectivity index (χ1) is 11.2. The first-order valence-electron chi connectivity index (χ1n) is 7.11. The van der Waals surface area contributed by atoms with Crippen molar-refractivity contribution in [3.05, 3.63) is 29.6 Å². The molecule has 1 aromatic rings. The second-order valence-electron chi connectivity index (χ2n) is 5.11. The van der Waals surface area contributed by atoms with Gasteiger partial charge < -0.3 is 15.2 Å². The minimum Gasteiger partial charge on any atom is -0.449 e. The second kappa shape index (κ2) is 7.24. The Balaban J connectivity index is 2.31. The summed E-state index contributed by atoms with van der Waals surface area (Å²) < 4.78 is 50.0. The van der Waals surface area contributed by atoms with Gasteiger partial charge in [-0.05, 0) is 25.1 Å². The zero-order chi connectivity index (χ0) is 17.9. The molecule has 0 unspecified atom stereocenters. The monoisotopic (exact) mass is 360 g/mol. The Kier molecular flexibility index (Phi) is 5.52. The fourth-order valence-corrected chi connectivity index (χ4v) is 3.54. The Morgan fingerprint density at radius 1 is 1.33 bits per heavy atom. The van der Waals surface area contributed by atoms with Crippen LogP contribution in [0, 0.1) is 5.82 Å². The van der Waals surface area contributed by atoms with Gasteiger partial charge in [0.25, 0.3) is 5.91 Å². The molecule has 24 heavy (non-hydrogen) atoms. The molecule has 1 aliphatic heterocycles. The van der Waals surface area contributed by atoms with Crippen LogP contribution in [-0.2, 0) is 24.3 Å². The minimum absolute atomic E-state index is 0.0924. The first kappa shape index (κ1) is 18.3. The number of hydrogen-bond donors (Lipinski definition) is 1. The lowest BCUT2D eigenvalue weighted by atomic mass is 10.2. The molecule has 1 amide bonds. The molecular formula is C14H17FN2O6S. The zero-order valence-electron chi connectivity index (χ0n) is 12.9. The van der Waals surface area contributed by atoms with Gasteiger partial charge in [0.2, 0.25) is 10.0 Å². The zero-order valence-corrected chi connectivity index (χ0v) is 13.7. The molecule has 1 aliphatic rings. The molecule has 0 bridgehead atoms. The number of sulfonamides is 1. The molecular weight excluding hydrogens is 343 g/mol. The van der Waals surface area contributed by atoms with Crippen LogP contribution in [0.3, 0.4) is 0 Å². The van der Waals surface area contributed by atoms with Crippen molar-refractivity contribution in [2.45, 2.75) is 17.9 Å². The van der Waals surface area contributed by atoms with E-state index in [-0.39, 0.29) is 31.9 Å². The van der Waals surface area contributed by atoms with E-state index >= 15 is 0 Å². The number of esters is 1. The van der Waals surface area contributed by atoms with Crippen molar-refractivity contribution in [2.75, 3.05) is 26.3 Å². The normalized spacial score (nSPS) is 17.2. The molecule has 0 radical (unpaired) electrons. The topological polar surface area (TPSA) is 116 Å². The molecule has 0 aliphatic carbocycles. The maximum atomic E-state index is 14.0. The maximum absolute atomic E-state index is 14.0. The minimum atomic E-state index is -4.11. The Labute approximate surface area is 138 Å². The summed E-state index contributed by atoms with van der Waals surface area (Å²) in [5.41, 5.74) is 4.79. The average molecular weight is 360 g/mol. The highest BCUT2D eigenvalue weighted by molar-refractivity contribution is 7.89. The van der Waals surface area contributed by atoms with Crippen molar-refractivity contribution in [1.29, 1.82) is 0 Å². The summed E-state index contributed by atoms with van der Waals surface area (Å²) in [6.45, 7) is 1.87. The van der Waals surface area contributed by atoms with E-state index in [9.17, 15) is 22.4 Å². The molecule has 0 saturated carbocycles. The number of rotatable bonds is 5. The van der Waals surface area contributed by atoms with Gasteiger partial charge in [0.15, 0.2) is 6.10 Å². The predicted molar refractivity (Wildman–Crippen MR) is 80.0 cm³/mol.